The van der Waals surface area contributed by atoms with Crippen LogP contribution in [0, 0.1) is 0 Å². The Morgan fingerprint density at radius 3 is 2.47 bits per heavy atom. The van der Waals surface area contributed by atoms with E-state index in [1.54, 1.807) is 18.2 Å². The zero-order chi connectivity index (χ0) is 34.6. The number of ether oxygens (including phenoxy) is 2. The number of methoxy groups -OCH3 is 1. The van der Waals surface area contributed by atoms with Crippen molar-refractivity contribution in [2.24, 2.45) is 0 Å². The van der Waals surface area contributed by atoms with Gasteiger partial charge >= 0.3 is 6.09 Å². The monoisotopic (exact) mass is 671 g/mol. The van der Waals surface area contributed by atoms with Crippen LogP contribution in [0.25, 0.3) is 0 Å². The second-order valence-electron chi connectivity index (χ2n) is 11.8. The first-order valence-electron chi connectivity index (χ1n) is 15.9. The van der Waals surface area contributed by atoms with E-state index in [1.807, 2.05) is 43.3 Å². The predicted octanol–water partition coefficient (Wildman–Crippen LogP) is 4.33. The van der Waals surface area contributed by atoms with Crippen LogP contribution in [0.4, 0.5) is 4.79 Å². The summed E-state index contributed by atoms with van der Waals surface area (Å²) in [6, 6.07) is 11.8. The number of carboxylic acid groups (broad SMARTS) is 1. The number of rotatable bonds is 20. The van der Waals surface area contributed by atoms with Crippen molar-refractivity contribution in [1.29, 1.82) is 0 Å². The molecule has 1 aliphatic rings. The molecule has 3 N–H and O–H groups in total. The molecule has 0 aliphatic heterocycles. The second kappa shape index (κ2) is 18.0. The summed E-state index contributed by atoms with van der Waals surface area (Å²) in [5.74, 6) is -0.151. The highest BCUT2D eigenvalue weighted by Gasteiger charge is 2.42. The molecule has 0 aromatic heterocycles. The fraction of sp³-hybridized carbons (Fsp3) is 0.486. The third-order valence-corrected chi connectivity index (χ3v) is 10.4. The third kappa shape index (κ3) is 10.1. The van der Waals surface area contributed by atoms with Crippen LogP contribution >= 0.6 is 0 Å². The first-order valence-corrected chi connectivity index (χ1v) is 17.6. The summed E-state index contributed by atoms with van der Waals surface area (Å²) in [7, 11) is -0.856. The molecule has 0 bridgehead atoms. The molecule has 0 fully saturated rings. The number of likely N-dealkylation sites (N-methyl/N-ethyl adjacent to an activating group) is 1. The number of hydrogen-bond donors (Lipinski definition) is 3. The van der Waals surface area contributed by atoms with E-state index in [2.05, 4.69) is 18.5 Å². The Bertz CT molecular complexity index is 1450. The van der Waals surface area contributed by atoms with Crippen LogP contribution in [0.2, 0.25) is 0 Å². The SMILES string of the molecule is C=CCO[C@H]1Cc2ccc(OC)cc2[C@H]1N(C[C@@H](O)[C@H](Cc1ccccc1)NC(=O)[C@H](CC=C)N(C)S(=O)(=O)CCCCC)C(=O)O. The van der Waals surface area contributed by atoms with Crippen molar-refractivity contribution in [2.45, 2.75) is 75.8 Å². The highest BCUT2D eigenvalue weighted by Crippen LogP contribution is 2.40. The molecule has 0 heterocycles. The minimum Gasteiger partial charge on any atom is -0.497 e. The van der Waals surface area contributed by atoms with Crippen LogP contribution in [-0.4, -0.2) is 97.2 Å². The standard InChI is InChI=1S/C35H49N3O8S/c1-6-9-13-20-47(43,44)37(4)30(14-7-2)34(40)36-29(21-25-15-11-10-12-16-25)31(39)24-38(35(41)42)33-28-23-27(45-5)18-17-26(28)22-32(33)46-19-8-3/h7-8,10-12,15-18,23,29-33,39H,2-3,6,9,13-14,19-22,24H2,1,4-5H3,(H,36,40)(H,41,42)/t29-,30-,31+,32-,33+/m0/s1. The fourth-order valence-electron chi connectivity index (χ4n) is 5.92. The summed E-state index contributed by atoms with van der Waals surface area (Å²) in [6.07, 6.45) is 2.60. The van der Waals surface area contributed by atoms with E-state index in [4.69, 9.17) is 9.47 Å². The number of hydrogen-bond acceptors (Lipinski definition) is 7. The molecule has 1 aliphatic carbocycles. The Kier molecular flexibility index (Phi) is 14.5. The lowest BCUT2D eigenvalue weighted by atomic mass is 9.98. The van der Waals surface area contributed by atoms with Gasteiger partial charge in [0.1, 0.15) is 11.8 Å². The van der Waals surface area contributed by atoms with Gasteiger partial charge in [-0.2, -0.15) is 4.31 Å². The number of sulfonamides is 1. The van der Waals surface area contributed by atoms with E-state index >= 15 is 0 Å². The van der Waals surface area contributed by atoms with Gasteiger partial charge in [0.2, 0.25) is 15.9 Å². The Morgan fingerprint density at radius 1 is 1.13 bits per heavy atom. The van der Waals surface area contributed by atoms with Crippen molar-refractivity contribution in [1.82, 2.24) is 14.5 Å². The smallest absolute Gasteiger partial charge is 0.407 e. The van der Waals surface area contributed by atoms with Crippen molar-refractivity contribution in [2.75, 3.05) is 33.1 Å². The van der Waals surface area contributed by atoms with E-state index in [0.717, 1.165) is 33.2 Å². The van der Waals surface area contributed by atoms with Gasteiger partial charge in [-0.25, -0.2) is 13.2 Å². The lowest BCUT2D eigenvalue weighted by molar-refractivity contribution is -0.126. The van der Waals surface area contributed by atoms with Crippen LogP contribution in [0.5, 0.6) is 5.75 Å². The topological polar surface area (TPSA) is 146 Å². The van der Waals surface area contributed by atoms with Crippen molar-refractivity contribution in [3.05, 3.63) is 90.5 Å². The highest BCUT2D eigenvalue weighted by atomic mass is 32.2. The Balaban J connectivity index is 1.94. The van der Waals surface area contributed by atoms with E-state index in [9.17, 15) is 28.2 Å². The number of nitrogens with zero attached hydrogens (tertiary/aromatic N) is 2. The van der Waals surface area contributed by atoms with Crippen LogP contribution in [-0.2, 0) is 32.4 Å². The maximum atomic E-state index is 13.8. The second-order valence-corrected chi connectivity index (χ2v) is 13.9. The van der Waals surface area contributed by atoms with Gasteiger partial charge in [0.15, 0.2) is 0 Å². The number of unbranched alkanes of at least 4 members (excludes halogenated alkanes) is 2. The van der Waals surface area contributed by atoms with Gasteiger partial charge in [-0.3, -0.25) is 9.69 Å². The van der Waals surface area contributed by atoms with Crippen molar-refractivity contribution in [3.8, 4) is 5.75 Å². The Hall–Kier alpha value is -3.71. The molecule has 2 aromatic carbocycles. The molecule has 0 saturated heterocycles. The Morgan fingerprint density at radius 2 is 1.85 bits per heavy atom. The maximum absolute atomic E-state index is 13.8. The van der Waals surface area contributed by atoms with Crippen molar-refractivity contribution >= 4 is 22.0 Å². The summed E-state index contributed by atoms with van der Waals surface area (Å²) >= 11 is 0. The fourth-order valence-corrected chi connectivity index (χ4v) is 7.35. The third-order valence-electron chi connectivity index (χ3n) is 8.50. The minimum atomic E-state index is -3.76. The molecular formula is C35H49N3O8S. The minimum absolute atomic E-state index is 0.0494. The number of nitrogens with one attached hydrogen (secondary N) is 1. The number of carbonyl (C=O) groups is 2. The average molecular weight is 672 g/mol. The van der Waals surface area contributed by atoms with Gasteiger partial charge < -0.3 is 25.0 Å². The lowest BCUT2D eigenvalue weighted by Gasteiger charge is -2.35. The molecular weight excluding hydrogens is 622 g/mol. The molecule has 2 aromatic rings. The van der Waals surface area contributed by atoms with E-state index < -0.39 is 52.4 Å². The largest absolute Gasteiger partial charge is 0.497 e. The van der Waals surface area contributed by atoms with Gasteiger partial charge in [0.05, 0.1) is 50.3 Å². The number of fused-ring (bicyclic) bond motifs is 1. The van der Waals surface area contributed by atoms with Gasteiger partial charge in [-0.1, -0.05) is 68.3 Å². The molecule has 2 amide bonds. The first kappa shape index (κ1) is 37.7. The van der Waals surface area contributed by atoms with E-state index in [1.165, 1.54) is 20.2 Å². The molecule has 0 spiro atoms. The van der Waals surface area contributed by atoms with Crippen molar-refractivity contribution < 1.29 is 37.7 Å². The molecule has 3 rings (SSSR count). The Labute approximate surface area is 278 Å². The number of aliphatic hydroxyl groups is 1. The highest BCUT2D eigenvalue weighted by molar-refractivity contribution is 7.89. The number of aliphatic hydroxyl groups excluding tert-OH is 1. The van der Waals surface area contributed by atoms with Crippen molar-refractivity contribution in [3.63, 3.8) is 0 Å². The number of amides is 2. The summed E-state index contributed by atoms with van der Waals surface area (Å²) < 4.78 is 38.7. The summed E-state index contributed by atoms with van der Waals surface area (Å²) in [6.45, 7) is 9.25. The summed E-state index contributed by atoms with van der Waals surface area (Å²) in [5, 5.41) is 25.0. The zero-order valence-corrected chi connectivity index (χ0v) is 28.4. The molecule has 5 atom stereocenters. The van der Waals surface area contributed by atoms with Crippen LogP contribution in [0.1, 0.15) is 55.3 Å². The molecule has 0 saturated carbocycles. The summed E-state index contributed by atoms with van der Waals surface area (Å²) in [4.78, 5) is 27.8. The van der Waals surface area contributed by atoms with Crippen LogP contribution < -0.4 is 10.1 Å². The number of benzene rings is 2. The van der Waals surface area contributed by atoms with Crippen LogP contribution in [0.15, 0.2) is 73.8 Å². The molecule has 11 nitrogen and oxygen atoms in total. The average Bonchev–Trinajstić information content (AvgIpc) is 3.41. The van der Waals surface area contributed by atoms with Gasteiger partial charge in [0, 0.05) is 13.5 Å². The molecule has 0 unspecified atom stereocenters. The normalized spacial score (nSPS) is 17.7. The molecule has 47 heavy (non-hydrogen) atoms. The van der Waals surface area contributed by atoms with Gasteiger partial charge in [-0.15, -0.1) is 13.2 Å². The lowest BCUT2D eigenvalue weighted by Crippen LogP contribution is -2.56. The van der Waals surface area contributed by atoms with Crippen LogP contribution in [0.3, 0.4) is 0 Å². The molecule has 258 valence electrons. The predicted molar refractivity (Wildman–Crippen MR) is 182 cm³/mol. The quantitative estimate of drug-likeness (QED) is 0.139. The van der Waals surface area contributed by atoms with Gasteiger partial charge in [-0.05, 0) is 48.1 Å². The van der Waals surface area contributed by atoms with Gasteiger partial charge in [0.25, 0.3) is 0 Å². The number of carbonyl (C=O) groups excluding carboxylic acids is 1. The summed E-state index contributed by atoms with van der Waals surface area (Å²) in [5.41, 5.74) is 2.40. The first-order chi connectivity index (χ1) is 22.5. The van der Waals surface area contributed by atoms with E-state index in [0.29, 0.717) is 24.2 Å². The zero-order valence-electron chi connectivity index (χ0n) is 27.6. The van der Waals surface area contributed by atoms with E-state index in [-0.39, 0.29) is 31.7 Å². The maximum Gasteiger partial charge on any atom is 0.407 e. The molecule has 0 radical (unpaired) electrons. The molecule has 12 heteroatoms.